The van der Waals surface area contributed by atoms with Gasteiger partial charge in [-0.1, -0.05) is 71.3 Å². The third-order valence-electron chi connectivity index (χ3n) is 9.16. The Kier molecular flexibility index (Phi) is 10.2. The molecule has 0 saturated carbocycles. The van der Waals surface area contributed by atoms with E-state index in [4.69, 9.17) is 0 Å². The predicted octanol–water partition coefficient (Wildman–Crippen LogP) is 4.51. The van der Waals surface area contributed by atoms with Crippen molar-refractivity contribution in [2.75, 3.05) is 39.3 Å². The highest BCUT2D eigenvalue weighted by molar-refractivity contribution is 7.89. The third-order valence-corrected chi connectivity index (χ3v) is 14.7. The molecule has 49 heavy (non-hydrogen) atoms. The lowest BCUT2D eigenvalue weighted by Crippen LogP contribution is -2.46. The van der Waals surface area contributed by atoms with Crippen molar-refractivity contribution in [3.8, 4) is 0 Å². The monoisotopic (exact) mass is 722 g/mol. The van der Waals surface area contributed by atoms with Gasteiger partial charge in [0.05, 0.1) is 14.7 Å². The second-order valence-electron chi connectivity index (χ2n) is 13.0. The van der Waals surface area contributed by atoms with Gasteiger partial charge >= 0.3 is 0 Å². The smallest absolute Gasteiger partial charge is 0.243 e. The molecule has 4 bridgehead atoms. The standard InChI is InChI=1S/C36H42N4O6S3/c1-28-4-10-34(11-5-28)47(41,42)38-19-16-37-17-20-39(48(43,44)35-12-6-29(2)7-13-35)26-32-22-31(25-38)23-33(24-32)27-40(21-18-37)49(45,46)36-14-8-30(3)9-15-36/h4-15,22-24H,16-21,25-27H2,1-3H3. The molecule has 4 aromatic rings. The Hall–Kier alpha value is -3.43. The number of hydrogen-bond acceptors (Lipinski definition) is 7. The fourth-order valence-electron chi connectivity index (χ4n) is 6.25. The molecule has 0 saturated heterocycles. The molecule has 0 unspecified atom stereocenters. The number of nitrogens with zero attached hydrogens (tertiary/aromatic N) is 4. The maximum Gasteiger partial charge on any atom is 0.243 e. The maximum absolute atomic E-state index is 14.0. The lowest BCUT2D eigenvalue weighted by molar-refractivity contribution is 0.210. The van der Waals surface area contributed by atoms with Crippen molar-refractivity contribution in [3.05, 3.63) is 124 Å². The third kappa shape index (κ3) is 7.83. The second kappa shape index (κ2) is 14.1. The van der Waals surface area contributed by atoms with E-state index in [1.165, 1.54) is 12.9 Å². The van der Waals surface area contributed by atoms with Gasteiger partial charge in [0.15, 0.2) is 0 Å². The highest BCUT2D eigenvalue weighted by atomic mass is 32.2. The van der Waals surface area contributed by atoms with Gasteiger partial charge in [0.25, 0.3) is 0 Å². The minimum atomic E-state index is -3.88. The molecule has 7 rings (SSSR count). The summed E-state index contributed by atoms with van der Waals surface area (Å²) in [6, 6.07) is 25.9. The van der Waals surface area contributed by atoms with Crippen molar-refractivity contribution in [2.45, 2.75) is 55.1 Å². The summed E-state index contributed by atoms with van der Waals surface area (Å²) in [7, 11) is -11.7. The molecule has 260 valence electrons. The molecule has 4 aromatic carbocycles. The number of sulfonamides is 3. The first kappa shape index (κ1) is 35.4. The quantitative estimate of drug-likeness (QED) is 0.288. The molecule has 0 aliphatic carbocycles. The van der Waals surface area contributed by atoms with Gasteiger partial charge in [0.1, 0.15) is 0 Å². The number of benzene rings is 4. The Balaban J connectivity index is 1.46. The molecular weight excluding hydrogens is 681 g/mol. The molecule has 0 spiro atoms. The molecule has 0 fully saturated rings. The van der Waals surface area contributed by atoms with Crippen LogP contribution in [0.15, 0.2) is 106 Å². The zero-order valence-electron chi connectivity index (χ0n) is 28.0. The fourth-order valence-corrected chi connectivity index (χ4v) is 10.5. The molecule has 0 radical (unpaired) electrons. The molecule has 0 aromatic heterocycles. The summed E-state index contributed by atoms with van der Waals surface area (Å²) in [6.45, 7) is 7.04. The summed E-state index contributed by atoms with van der Waals surface area (Å²) in [5, 5.41) is 0. The minimum Gasteiger partial charge on any atom is -0.299 e. The molecule has 3 aliphatic rings. The van der Waals surface area contributed by atoms with Crippen LogP contribution in [0.25, 0.3) is 0 Å². The number of rotatable bonds is 6. The maximum atomic E-state index is 14.0. The molecule has 3 aliphatic heterocycles. The van der Waals surface area contributed by atoms with Crippen LogP contribution in [-0.4, -0.2) is 82.3 Å². The number of hydrogen-bond donors (Lipinski definition) is 0. The van der Waals surface area contributed by atoms with Gasteiger partial charge in [-0.3, -0.25) is 4.90 Å². The van der Waals surface area contributed by atoms with Gasteiger partial charge in [-0.15, -0.1) is 0 Å². The zero-order chi connectivity index (χ0) is 35.0. The average molecular weight is 723 g/mol. The molecule has 0 N–H and O–H groups in total. The first-order valence-electron chi connectivity index (χ1n) is 16.3. The van der Waals surface area contributed by atoms with Crippen LogP contribution in [0.5, 0.6) is 0 Å². The van der Waals surface area contributed by atoms with Crippen LogP contribution < -0.4 is 0 Å². The van der Waals surface area contributed by atoms with Gasteiger partial charge in [0, 0.05) is 58.9 Å². The van der Waals surface area contributed by atoms with Crippen molar-refractivity contribution in [2.24, 2.45) is 0 Å². The summed E-state index contributed by atoms with van der Waals surface area (Å²) >= 11 is 0. The van der Waals surface area contributed by atoms with E-state index in [1.54, 1.807) is 72.8 Å². The van der Waals surface area contributed by atoms with Crippen LogP contribution in [0.4, 0.5) is 0 Å². The summed E-state index contributed by atoms with van der Waals surface area (Å²) in [6.07, 6.45) is 0. The van der Waals surface area contributed by atoms with Gasteiger partial charge in [-0.25, -0.2) is 25.3 Å². The second-order valence-corrected chi connectivity index (χ2v) is 18.8. The molecule has 0 atom stereocenters. The van der Waals surface area contributed by atoms with Crippen molar-refractivity contribution in [3.63, 3.8) is 0 Å². The van der Waals surface area contributed by atoms with Crippen molar-refractivity contribution < 1.29 is 25.3 Å². The van der Waals surface area contributed by atoms with Crippen LogP contribution in [0.1, 0.15) is 33.4 Å². The topological polar surface area (TPSA) is 115 Å². The van der Waals surface area contributed by atoms with Crippen LogP contribution >= 0.6 is 0 Å². The van der Waals surface area contributed by atoms with Crippen LogP contribution in [0.2, 0.25) is 0 Å². The average Bonchev–Trinajstić information content (AvgIpc) is 3.05. The van der Waals surface area contributed by atoms with Crippen LogP contribution in [0.3, 0.4) is 0 Å². The molecule has 13 heteroatoms. The van der Waals surface area contributed by atoms with Gasteiger partial charge in [-0.05, 0) is 73.9 Å². The first-order chi connectivity index (χ1) is 23.2. The Morgan fingerprint density at radius 3 is 0.878 bits per heavy atom. The molecule has 10 nitrogen and oxygen atoms in total. The van der Waals surface area contributed by atoms with Crippen LogP contribution in [-0.2, 0) is 49.7 Å². The van der Waals surface area contributed by atoms with E-state index in [1.807, 2.05) is 43.9 Å². The van der Waals surface area contributed by atoms with E-state index in [9.17, 15) is 25.3 Å². The van der Waals surface area contributed by atoms with Gasteiger partial charge in [0.2, 0.25) is 30.1 Å². The van der Waals surface area contributed by atoms with E-state index in [0.29, 0.717) is 16.7 Å². The van der Waals surface area contributed by atoms with Gasteiger partial charge in [-0.2, -0.15) is 12.9 Å². The van der Waals surface area contributed by atoms with Gasteiger partial charge < -0.3 is 0 Å². The van der Waals surface area contributed by atoms with E-state index >= 15 is 0 Å². The Labute approximate surface area is 290 Å². The van der Waals surface area contributed by atoms with E-state index in [0.717, 1.165) is 16.7 Å². The normalized spacial score (nSPS) is 17.9. The zero-order valence-corrected chi connectivity index (χ0v) is 30.4. The highest BCUT2D eigenvalue weighted by Crippen LogP contribution is 2.27. The van der Waals surface area contributed by atoms with Crippen molar-refractivity contribution in [1.82, 2.24) is 17.8 Å². The predicted molar refractivity (Wildman–Crippen MR) is 189 cm³/mol. The summed E-state index contributed by atoms with van der Waals surface area (Å²) in [5.74, 6) is 0. The number of aryl methyl sites for hydroxylation is 3. The summed E-state index contributed by atoms with van der Waals surface area (Å²) < 4.78 is 88.6. The fraction of sp³-hybridized carbons (Fsp3) is 0.333. The van der Waals surface area contributed by atoms with E-state index in [2.05, 4.69) is 0 Å². The molecule has 0 amide bonds. The minimum absolute atomic E-state index is 0.0420. The highest BCUT2D eigenvalue weighted by Gasteiger charge is 2.32. The van der Waals surface area contributed by atoms with E-state index in [-0.39, 0.29) is 73.6 Å². The van der Waals surface area contributed by atoms with Crippen molar-refractivity contribution in [1.29, 1.82) is 0 Å². The first-order valence-corrected chi connectivity index (χ1v) is 20.6. The lowest BCUT2D eigenvalue weighted by atomic mass is 10.0. The van der Waals surface area contributed by atoms with Crippen LogP contribution in [0, 0.1) is 20.8 Å². The Bertz CT molecular complexity index is 1880. The summed E-state index contributed by atoms with van der Waals surface area (Å²) in [4.78, 5) is 2.57. The SMILES string of the molecule is Cc1ccc(S(=O)(=O)N2CCN3CCN(S(=O)(=O)c4ccc(C)cc4)Cc4cc(cc(c4)CN(S(=O)(=O)c4ccc(C)cc4)CC3)C2)cc1. The summed E-state index contributed by atoms with van der Waals surface area (Å²) in [5.41, 5.74) is 4.81. The van der Waals surface area contributed by atoms with Crippen molar-refractivity contribution >= 4 is 30.1 Å². The Morgan fingerprint density at radius 2 is 0.633 bits per heavy atom. The molecule has 3 heterocycles. The van der Waals surface area contributed by atoms with E-state index < -0.39 is 30.1 Å². The Morgan fingerprint density at radius 1 is 0.388 bits per heavy atom. The number of fused-ring (bicyclic) bond motifs is 9. The lowest BCUT2D eigenvalue weighted by Gasteiger charge is -2.33. The molecular formula is C36H42N4O6S3. The largest absolute Gasteiger partial charge is 0.299 e.